The van der Waals surface area contributed by atoms with Gasteiger partial charge in [0.2, 0.25) is 11.8 Å². The van der Waals surface area contributed by atoms with Gasteiger partial charge in [-0.25, -0.2) is 15.4 Å². The maximum Gasteiger partial charge on any atom is 0.274 e. The van der Waals surface area contributed by atoms with E-state index in [-0.39, 0.29) is 0 Å². The predicted octanol–water partition coefficient (Wildman–Crippen LogP) is 3.68. The lowest BCUT2D eigenvalue weighted by Gasteiger charge is -2.03. The first kappa shape index (κ1) is 16.7. The lowest BCUT2D eigenvalue weighted by molar-refractivity contribution is 0.0706. The molecule has 7 nitrogen and oxygen atoms in total. The number of pyridine rings is 1. The third kappa shape index (κ3) is 3.23. The normalized spacial score (nSPS) is 10.7. The number of methoxy groups -OCH3 is 1. The fourth-order valence-electron chi connectivity index (χ4n) is 2.73. The van der Waals surface area contributed by atoms with Gasteiger partial charge in [-0.05, 0) is 42.0 Å². The number of nitrogens with zero attached hydrogens (tertiary/aromatic N) is 2. The molecular weight excluding hydrogens is 346 g/mol. The van der Waals surface area contributed by atoms with Crippen LogP contribution in [0.15, 0.2) is 65.2 Å². The number of hydroxylamine groups is 1. The van der Waals surface area contributed by atoms with Gasteiger partial charge in [0.1, 0.15) is 5.52 Å². The molecule has 7 heteroatoms. The number of carbonyl (C=O) groups is 1. The van der Waals surface area contributed by atoms with Gasteiger partial charge in [-0.15, -0.1) is 0 Å². The second-order valence-corrected chi connectivity index (χ2v) is 5.81. The highest BCUT2D eigenvalue weighted by Crippen LogP contribution is 2.28. The summed E-state index contributed by atoms with van der Waals surface area (Å²) < 4.78 is 10.8. The molecule has 27 heavy (non-hydrogen) atoms. The van der Waals surface area contributed by atoms with E-state index in [9.17, 15) is 4.79 Å². The summed E-state index contributed by atoms with van der Waals surface area (Å²) in [6.07, 6.45) is 1.75. The molecule has 2 heterocycles. The van der Waals surface area contributed by atoms with Crippen molar-refractivity contribution < 1.29 is 19.2 Å². The van der Waals surface area contributed by atoms with E-state index in [1.807, 2.05) is 36.4 Å². The summed E-state index contributed by atoms with van der Waals surface area (Å²) in [7, 11) is 1.58. The van der Waals surface area contributed by atoms with Gasteiger partial charge in [0.05, 0.1) is 7.11 Å². The molecule has 2 N–H and O–H groups in total. The smallest absolute Gasteiger partial charge is 0.274 e. The van der Waals surface area contributed by atoms with Gasteiger partial charge in [-0.1, -0.05) is 12.1 Å². The van der Waals surface area contributed by atoms with E-state index in [1.54, 1.807) is 37.0 Å². The third-order valence-electron chi connectivity index (χ3n) is 4.16. The molecule has 0 aliphatic carbocycles. The van der Waals surface area contributed by atoms with E-state index < -0.39 is 5.91 Å². The molecule has 4 aromatic rings. The molecule has 0 bridgehead atoms. The van der Waals surface area contributed by atoms with Crippen molar-refractivity contribution >= 4 is 17.0 Å². The Morgan fingerprint density at radius 1 is 1.04 bits per heavy atom. The standard InChI is InChI=1S/C20H15N3O4/c1-26-18-9-7-15(11-21-18)12-2-4-13(5-3-12)20-22-16-10-14(19(24)23-25)6-8-17(16)27-20/h2-11,25H,1H3,(H,23,24). The molecule has 0 fully saturated rings. The lowest BCUT2D eigenvalue weighted by Crippen LogP contribution is -2.18. The van der Waals surface area contributed by atoms with Gasteiger partial charge in [-0.2, -0.15) is 0 Å². The highest BCUT2D eigenvalue weighted by molar-refractivity contribution is 5.96. The zero-order valence-corrected chi connectivity index (χ0v) is 14.3. The van der Waals surface area contributed by atoms with Gasteiger partial charge in [-0.3, -0.25) is 10.0 Å². The lowest BCUT2D eigenvalue weighted by atomic mass is 10.1. The highest BCUT2D eigenvalue weighted by Gasteiger charge is 2.12. The third-order valence-corrected chi connectivity index (χ3v) is 4.16. The van der Waals surface area contributed by atoms with Crippen molar-refractivity contribution in [2.24, 2.45) is 0 Å². The molecule has 4 rings (SSSR count). The van der Waals surface area contributed by atoms with Crippen molar-refractivity contribution in [3.8, 4) is 28.5 Å². The van der Waals surface area contributed by atoms with Crippen molar-refractivity contribution in [3.05, 3.63) is 66.4 Å². The fourth-order valence-corrected chi connectivity index (χ4v) is 2.73. The van der Waals surface area contributed by atoms with Crippen LogP contribution in [0.4, 0.5) is 0 Å². The minimum atomic E-state index is -0.598. The van der Waals surface area contributed by atoms with Crippen LogP contribution in [-0.2, 0) is 0 Å². The number of aromatic nitrogens is 2. The van der Waals surface area contributed by atoms with Crippen LogP contribution < -0.4 is 10.2 Å². The number of oxazole rings is 1. The SMILES string of the molecule is COc1ccc(-c2ccc(-c3nc4cc(C(=O)NO)ccc4o3)cc2)cn1. The number of hydrogen-bond donors (Lipinski definition) is 2. The molecule has 0 spiro atoms. The van der Waals surface area contributed by atoms with Gasteiger partial charge >= 0.3 is 0 Å². The summed E-state index contributed by atoms with van der Waals surface area (Å²) in [6, 6.07) is 16.2. The minimum absolute atomic E-state index is 0.298. The molecule has 0 aliphatic rings. The minimum Gasteiger partial charge on any atom is -0.481 e. The average molecular weight is 361 g/mol. The predicted molar refractivity (Wildman–Crippen MR) is 98.5 cm³/mol. The summed E-state index contributed by atoms with van der Waals surface area (Å²) in [5.41, 5.74) is 5.78. The number of benzene rings is 2. The topological polar surface area (TPSA) is 97.5 Å². The molecular formula is C20H15N3O4. The first-order valence-electron chi connectivity index (χ1n) is 8.14. The molecule has 0 saturated carbocycles. The number of ether oxygens (including phenoxy) is 1. The first-order valence-corrected chi connectivity index (χ1v) is 8.14. The second kappa shape index (κ2) is 6.89. The summed E-state index contributed by atoms with van der Waals surface area (Å²) in [5.74, 6) is 0.418. The van der Waals surface area contributed by atoms with Crippen LogP contribution in [-0.4, -0.2) is 28.2 Å². The van der Waals surface area contributed by atoms with Crippen molar-refractivity contribution in [2.75, 3.05) is 7.11 Å². The van der Waals surface area contributed by atoms with Crippen LogP contribution in [0.3, 0.4) is 0 Å². The van der Waals surface area contributed by atoms with Crippen LogP contribution >= 0.6 is 0 Å². The summed E-state index contributed by atoms with van der Waals surface area (Å²) in [6.45, 7) is 0. The Bertz CT molecular complexity index is 1100. The van der Waals surface area contributed by atoms with E-state index >= 15 is 0 Å². The number of hydrogen-bond acceptors (Lipinski definition) is 6. The van der Waals surface area contributed by atoms with E-state index in [2.05, 4.69) is 9.97 Å². The Balaban J connectivity index is 1.63. The molecule has 0 saturated heterocycles. The Morgan fingerprint density at radius 3 is 2.44 bits per heavy atom. The van der Waals surface area contributed by atoms with Gasteiger partial charge in [0, 0.05) is 29.0 Å². The molecule has 134 valence electrons. The summed E-state index contributed by atoms with van der Waals surface area (Å²) >= 11 is 0. The molecule has 0 unspecified atom stereocenters. The molecule has 0 aliphatic heterocycles. The van der Waals surface area contributed by atoms with Gasteiger partial charge in [0.25, 0.3) is 5.91 Å². The van der Waals surface area contributed by atoms with Crippen LogP contribution in [0.25, 0.3) is 33.7 Å². The Kier molecular flexibility index (Phi) is 4.27. The van der Waals surface area contributed by atoms with Crippen LogP contribution in [0.5, 0.6) is 5.88 Å². The summed E-state index contributed by atoms with van der Waals surface area (Å²) in [4.78, 5) is 20.2. The Hall–Kier alpha value is -3.71. The second-order valence-electron chi connectivity index (χ2n) is 5.81. The zero-order valence-electron chi connectivity index (χ0n) is 14.3. The molecule has 0 atom stereocenters. The first-order chi connectivity index (χ1) is 13.2. The van der Waals surface area contributed by atoms with Crippen LogP contribution in [0.2, 0.25) is 0 Å². The molecule has 1 amide bonds. The van der Waals surface area contributed by atoms with Crippen LogP contribution in [0.1, 0.15) is 10.4 Å². The number of amides is 1. The Labute approximate surface area is 154 Å². The number of nitrogens with one attached hydrogen (secondary N) is 1. The number of fused-ring (bicyclic) bond motifs is 1. The largest absolute Gasteiger partial charge is 0.481 e. The number of carbonyl (C=O) groups excluding carboxylic acids is 1. The van der Waals surface area contributed by atoms with E-state index in [0.717, 1.165) is 16.7 Å². The maximum atomic E-state index is 11.5. The van der Waals surface area contributed by atoms with Crippen molar-refractivity contribution in [2.45, 2.75) is 0 Å². The Morgan fingerprint density at radius 2 is 1.78 bits per heavy atom. The van der Waals surface area contributed by atoms with E-state index in [0.29, 0.717) is 28.4 Å². The van der Waals surface area contributed by atoms with Crippen molar-refractivity contribution in [3.63, 3.8) is 0 Å². The summed E-state index contributed by atoms with van der Waals surface area (Å²) in [5, 5.41) is 8.74. The van der Waals surface area contributed by atoms with E-state index in [1.165, 1.54) is 0 Å². The van der Waals surface area contributed by atoms with Gasteiger partial charge < -0.3 is 9.15 Å². The molecule has 2 aromatic heterocycles. The van der Waals surface area contributed by atoms with Crippen molar-refractivity contribution in [1.82, 2.24) is 15.4 Å². The molecule has 2 aromatic carbocycles. The maximum absolute atomic E-state index is 11.5. The van der Waals surface area contributed by atoms with E-state index in [4.69, 9.17) is 14.4 Å². The van der Waals surface area contributed by atoms with Crippen LogP contribution in [0, 0.1) is 0 Å². The molecule has 0 radical (unpaired) electrons. The monoisotopic (exact) mass is 361 g/mol. The fraction of sp³-hybridized carbons (Fsp3) is 0.0500. The van der Waals surface area contributed by atoms with Gasteiger partial charge in [0.15, 0.2) is 5.58 Å². The quantitative estimate of drug-likeness (QED) is 0.425. The average Bonchev–Trinajstić information content (AvgIpc) is 3.16. The highest BCUT2D eigenvalue weighted by atomic mass is 16.5. The number of rotatable bonds is 4. The van der Waals surface area contributed by atoms with Crippen molar-refractivity contribution in [1.29, 1.82) is 0 Å². The zero-order chi connectivity index (χ0) is 18.8.